The van der Waals surface area contributed by atoms with Crippen LogP contribution in [0.5, 0.6) is 0 Å². The van der Waals surface area contributed by atoms with Gasteiger partial charge in [0, 0.05) is 31.4 Å². The molecule has 0 aliphatic rings. The highest BCUT2D eigenvalue weighted by Gasteiger charge is 2.41. The minimum atomic E-state index is -2.29. The summed E-state index contributed by atoms with van der Waals surface area (Å²) in [5, 5.41) is 10.3. The number of hydrogen-bond donors (Lipinski definition) is 1. The zero-order valence-corrected chi connectivity index (χ0v) is 13.6. The van der Waals surface area contributed by atoms with E-state index in [4.69, 9.17) is 9.47 Å². The first-order chi connectivity index (χ1) is 9.93. The van der Waals surface area contributed by atoms with Gasteiger partial charge in [0.25, 0.3) is 5.91 Å². The van der Waals surface area contributed by atoms with E-state index >= 15 is 0 Å². The van der Waals surface area contributed by atoms with Gasteiger partial charge >= 0.3 is 11.9 Å². The Labute approximate surface area is 130 Å². The molecule has 7 nitrogen and oxygen atoms in total. The van der Waals surface area contributed by atoms with Gasteiger partial charge in [-0.15, -0.1) is 0 Å². The van der Waals surface area contributed by atoms with Gasteiger partial charge in [-0.2, -0.15) is 0 Å². The Kier molecular flexibility index (Phi) is 6.99. The summed E-state index contributed by atoms with van der Waals surface area (Å²) in [5.41, 5.74) is 0.191. The van der Waals surface area contributed by atoms with Crippen LogP contribution < -0.4 is 0 Å². The number of nitrogens with zero attached hydrogens (tertiary/aromatic N) is 1. The molecule has 2 atom stereocenters. The highest BCUT2D eigenvalue weighted by Crippen LogP contribution is 2.22. The number of rotatable bonds is 7. The van der Waals surface area contributed by atoms with Crippen LogP contribution >= 0.6 is 0 Å². The molecule has 0 saturated heterocycles. The van der Waals surface area contributed by atoms with Gasteiger partial charge in [-0.3, -0.25) is 4.79 Å². The van der Waals surface area contributed by atoms with E-state index in [1.54, 1.807) is 6.92 Å². The summed E-state index contributed by atoms with van der Waals surface area (Å²) in [5.74, 6) is -4.53. The molecular weight excluding hydrogens is 290 g/mol. The normalized spacial score (nSPS) is 14.3. The van der Waals surface area contributed by atoms with Gasteiger partial charge in [0.05, 0.1) is 0 Å². The van der Waals surface area contributed by atoms with Gasteiger partial charge in [-0.05, 0) is 13.8 Å². The number of aliphatic hydroxyl groups is 1. The van der Waals surface area contributed by atoms with E-state index in [-0.39, 0.29) is 17.6 Å². The third-order valence-corrected chi connectivity index (χ3v) is 2.65. The Hall–Kier alpha value is -2.15. The van der Waals surface area contributed by atoms with Gasteiger partial charge in [0.2, 0.25) is 5.91 Å². The molecule has 0 heterocycles. The molecule has 0 rings (SSSR count). The van der Waals surface area contributed by atoms with Crippen LogP contribution in [0.4, 0.5) is 0 Å². The van der Waals surface area contributed by atoms with Crippen LogP contribution in [-0.2, 0) is 23.9 Å². The van der Waals surface area contributed by atoms with E-state index in [0.717, 1.165) is 18.7 Å². The lowest BCUT2D eigenvalue weighted by Crippen LogP contribution is -2.57. The molecule has 0 spiro atoms. The molecule has 0 fully saturated rings. The lowest BCUT2D eigenvalue weighted by Gasteiger charge is -2.39. The predicted molar refractivity (Wildman–Crippen MR) is 79.0 cm³/mol. The summed E-state index contributed by atoms with van der Waals surface area (Å²) < 4.78 is 9.96. The summed E-state index contributed by atoms with van der Waals surface area (Å²) in [7, 11) is 0. The molecule has 0 aliphatic carbocycles. The Morgan fingerprint density at radius 2 is 1.59 bits per heavy atom. The van der Waals surface area contributed by atoms with Crippen LogP contribution in [-0.4, -0.2) is 40.0 Å². The second kappa shape index (κ2) is 7.74. The smallest absolute Gasteiger partial charge is 0.336 e. The average Bonchev–Trinajstić information content (AvgIpc) is 2.35. The first kappa shape index (κ1) is 19.9. The topological polar surface area (TPSA) is 93.1 Å². The lowest BCUT2D eigenvalue weighted by atomic mass is 10.3. The fraction of sp³-hybridized carbons (Fsp3) is 0.533. The maximum Gasteiger partial charge on any atom is 0.336 e. The van der Waals surface area contributed by atoms with Gasteiger partial charge in [0.1, 0.15) is 0 Å². The van der Waals surface area contributed by atoms with Gasteiger partial charge in [-0.25, -0.2) is 14.5 Å². The van der Waals surface area contributed by atoms with E-state index in [1.165, 1.54) is 13.8 Å². The van der Waals surface area contributed by atoms with Crippen molar-refractivity contribution >= 4 is 17.8 Å². The number of carbonyl (C=O) groups excluding carboxylic acids is 3. The summed E-state index contributed by atoms with van der Waals surface area (Å²) in [6, 6.07) is 0. The van der Waals surface area contributed by atoms with Crippen molar-refractivity contribution in [2.75, 3.05) is 0 Å². The largest absolute Gasteiger partial charge is 0.438 e. The molecule has 0 bridgehead atoms. The van der Waals surface area contributed by atoms with Crippen molar-refractivity contribution in [3.05, 3.63) is 24.3 Å². The third-order valence-electron chi connectivity index (χ3n) is 2.65. The minimum Gasteiger partial charge on any atom is -0.438 e. The molecule has 1 N–H and O–H groups in total. The molecule has 124 valence electrons. The first-order valence-electron chi connectivity index (χ1n) is 6.71. The van der Waals surface area contributed by atoms with E-state index in [0.29, 0.717) is 0 Å². The van der Waals surface area contributed by atoms with Gasteiger partial charge in [0.15, 0.2) is 6.23 Å². The molecule has 0 radical (unpaired) electrons. The quantitative estimate of drug-likeness (QED) is 0.435. The molecule has 2 unspecified atom stereocenters. The van der Waals surface area contributed by atoms with Crippen LogP contribution in [0.1, 0.15) is 41.0 Å². The zero-order valence-electron chi connectivity index (χ0n) is 13.6. The second-order valence-electron chi connectivity index (χ2n) is 5.04. The predicted octanol–water partition coefficient (Wildman–Crippen LogP) is 1.48. The minimum absolute atomic E-state index is 0.0516. The number of hydrogen-bond acceptors (Lipinski definition) is 6. The first-order valence-corrected chi connectivity index (χ1v) is 6.71. The van der Waals surface area contributed by atoms with Crippen molar-refractivity contribution in [2.45, 2.75) is 53.2 Å². The SMILES string of the molecule is C=C(C)C(=O)OC(CC)N(C(C)=O)C(C)(O)OC(=O)C(=C)C. The van der Waals surface area contributed by atoms with Crippen LogP contribution in [0.15, 0.2) is 24.3 Å². The maximum absolute atomic E-state index is 11.8. The highest BCUT2D eigenvalue weighted by atomic mass is 16.7. The van der Waals surface area contributed by atoms with Gasteiger partial charge in [-0.1, -0.05) is 20.1 Å². The molecule has 0 aromatic rings. The Morgan fingerprint density at radius 1 is 1.14 bits per heavy atom. The van der Waals surface area contributed by atoms with Crippen LogP contribution in [0.25, 0.3) is 0 Å². The Balaban J connectivity index is 5.44. The maximum atomic E-state index is 11.8. The van der Waals surface area contributed by atoms with E-state index in [9.17, 15) is 19.5 Å². The summed E-state index contributed by atoms with van der Waals surface area (Å²) in [6.07, 6.45) is -0.936. The fourth-order valence-electron chi connectivity index (χ4n) is 1.62. The highest BCUT2D eigenvalue weighted by molar-refractivity contribution is 5.88. The summed E-state index contributed by atoms with van der Waals surface area (Å²) in [6.45, 7) is 13.6. The van der Waals surface area contributed by atoms with Crippen LogP contribution in [0.3, 0.4) is 0 Å². The van der Waals surface area contributed by atoms with Crippen molar-refractivity contribution in [2.24, 2.45) is 0 Å². The standard InChI is InChI=1S/C15H23NO6/c1-8-12(21-13(18)9(2)3)16(11(6)17)15(7,20)22-14(19)10(4)5/h12,20H,2,4,8H2,1,3,5-7H3. The van der Waals surface area contributed by atoms with Crippen molar-refractivity contribution in [3.8, 4) is 0 Å². The Bertz CT molecular complexity index is 494. The van der Waals surface area contributed by atoms with E-state index in [2.05, 4.69) is 13.2 Å². The van der Waals surface area contributed by atoms with Crippen LogP contribution in [0.2, 0.25) is 0 Å². The van der Waals surface area contributed by atoms with E-state index < -0.39 is 30.0 Å². The molecule has 1 amide bonds. The zero-order chi connectivity index (χ0) is 17.7. The fourth-order valence-corrected chi connectivity index (χ4v) is 1.62. The average molecular weight is 313 g/mol. The lowest BCUT2D eigenvalue weighted by molar-refractivity contribution is -0.285. The molecule has 0 aromatic carbocycles. The molecular formula is C15H23NO6. The molecule has 22 heavy (non-hydrogen) atoms. The van der Waals surface area contributed by atoms with Crippen LogP contribution in [0, 0.1) is 0 Å². The summed E-state index contributed by atoms with van der Waals surface area (Å²) in [4.78, 5) is 35.8. The van der Waals surface area contributed by atoms with Crippen molar-refractivity contribution in [1.82, 2.24) is 4.90 Å². The number of carbonyl (C=O) groups is 3. The van der Waals surface area contributed by atoms with Crippen molar-refractivity contribution in [1.29, 1.82) is 0 Å². The number of amides is 1. The monoisotopic (exact) mass is 313 g/mol. The number of ether oxygens (including phenoxy) is 2. The second-order valence-corrected chi connectivity index (χ2v) is 5.04. The molecule has 0 aromatic heterocycles. The third kappa shape index (κ3) is 5.33. The molecule has 7 heteroatoms. The number of esters is 2. The van der Waals surface area contributed by atoms with Crippen molar-refractivity contribution < 1.29 is 29.0 Å². The van der Waals surface area contributed by atoms with E-state index in [1.807, 2.05) is 0 Å². The summed E-state index contributed by atoms with van der Waals surface area (Å²) >= 11 is 0. The molecule has 0 saturated carbocycles. The molecule has 0 aliphatic heterocycles. The van der Waals surface area contributed by atoms with Gasteiger partial charge < -0.3 is 14.6 Å². The van der Waals surface area contributed by atoms with Crippen molar-refractivity contribution in [3.63, 3.8) is 0 Å². The Morgan fingerprint density at radius 3 is 1.91 bits per heavy atom.